The van der Waals surface area contributed by atoms with E-state index >= 15 is 0 Å². The number of hydrogen-bond donors (Lipinski definition) is 2. The zero-order valence-electron chi connectivity index (χ0n) is 16.0. The van der Waals surface area contributed by atoms with Crippen LogP contribution in [-0.2, 0) is 19.6 Å². The molecule has 1 aromatic rings. The van der Waals surface area contributed by atoms with Gasteiger partial charge in [-0.25, -0.2) is 17.9 Å². The average Bonchev–Trinajstić information content (AvgIpc) is 2.61. The number of rotatable bonds is 7. The summed E-state index contributed by atoms with van der Waals surface area (Å²) in [5.74, 6) is -0.662. The van der Waals surface area contributed by atoms with Crippen LogP contribution in [0.2, 0.25) is 0 Å². The molecule has 27 heavy (non-hydrogen) atoms. The third-order valence-corrected chi connectivity index (χ3v) is 6.22. The van der Waals surface area contributed by atoms with Gasteiger partial charge in [0.05, 0.1) is 10.5 Å². The maximum Gasteiger partial charge on any atom is 0.338 e. The number of amides is 1. The largest absolute Gasteiger partial charge is 0.452 e. The second-order valence-electron chi connectivity index (χ2n) is 7.32. The minimum Gasteiger partial charge on any atom is -0.452 e. The molecule has 1 aromatic carbocycles. The number of hydrogen-bond acceptors (Lipinski definition) is 5. The standard InChI is InChI=1S/C19H28N2O5S/c1-13(2)21-27(24,25)16-9-6-8-15(11-16)19(23)26-12-18(22)20-17-10-5-4-7-14(17)3/h6,8-9,11,13-14,17,21H,4-5,7,10,12H2,1-3H3,(H,20,22)/t14-,17+/m0/s1. The molecule has 7 nitrogen and oxygen atoms in total. The number of carbonyl (C=O) groups is 2. The lowest BCUT2D eigenvalue weighted by atomic mass is 9.86. The summed E-state index contributed by atoms with van der Waals surface area (Å²) in [5, 5.41) is 2.91. The zero-order valence-corrected chi connectivity index (χ0v) is 16.8. The highest BCUT2D eigenvalue weighted by atomic mass is 32.2. The molecule has 2 N–H and O–H groups in total. The Morgan fingerprint density at radius 1 is 1.22 bits per heavy atom. The van der Waals surface area contributed by atoms with Gasteiger partial charge in [-0.2, -0.15) is 0 Å². The van der Waals surface area contributed by atoms with Gasteiger partial charge in [-0.1, -0.05) is 25.8 Å². The van der Waals surface area contributed by atoms with Crippen molar-refractivity contribution in [1.82, 2.24) is 10.0 Å². The van der Waals surface area contributed by atoms with Crippen LogP contribution >= 0.6 is 0 Å². The van der Waals surface area contributed by atoms with E-state index < -0.39 is 16.0 Å². The van der Waals surface area contributed by atoms with Crippen LogP contribution in [0, 0.1) is 5.92 Å². The van der Waals surface area contributed by atoms with E-state index in [-0.39, 0.29) is 35.1 Å². The van der Waals surface area contributed by atoms with E-state index in [1.807, 2.05) is 0 Å². The lowest BCUT2D eigenvalue weighted by Crippen LogP contribution is -2.42. The Morgan fingerprint density at radius 3 is 2.59 bits per heavy atom. The maximum absolute atomic E-state index is 12.2. The van der Waals surface area contributed by atoms with Crippen LogP contribution in [0.5, 0.6) is 0 Å². The van der Waals surface area contributed by atoms with Crippen molar-refractivity contribution in [2.24, 2.45) is 5.92 Å². The summed E-state index contributed by atoms with van der Waals surface area (Å²) in [5.41, 5.74) is 0.0838. The molecule has 0 aromatic heterocycles. The maximum atomic E-state index is 12.2. The monoisotopic (exact) mass is 396 g/mol. The van der Waals surface area contributed by atoms with Crippen LogP contribution in [-0.4, -0.2) is 39.0 Å². The first-order valence-corrected chi connectivity index (χ1v) is 10.8. The van der Waals surface area contributed by atoms with Gasteiger partial charge in [-0.05, 0) is 50.8 Å². The molecule has 0 radical (unpaired) electrons. The van der Waals surface area contributed by atoms with E-state index in [9.17, 15) is 18.0 Å². The molecule has 0 heterocycles. The number of ether oxygens (including phenoxy) is 1. The Labute approximate surface area is 160 Å². The lowest BCUT2D eigenvalue weighted by Gasteiger charge is -2.29. The number of benzene rings is 1. The highest BCUT2D eigenvalue weighted by molar-refractivity contribution is 7.89. The van der Waals surface area contributed by atoms with E-state index in [1.54, 1.807) is 13.8 Å². The Hall–Kier alpha value is -1.93. The molecule has 2 rings (SSSR count). The first-order valence-electron chi connectivity index (χ1n) is 9.28. The number of carbonyl (C=O) groups excluding carboxylic acids is 2. The molecule has 0 spiro atoms. The smallest absolute Gasteiger partial charge is 0.338 e. The number of esters is 1. The van der Waals surface area contributed by atoms with Crippen molar-refractivity contribution >= 4 is 21.9 Å². The van der Waals surface area contributed by atoms with Crippen LogP contribution in [0.15, 0.2) is 29.2 Å². The summed E-state index contributed by atoms with van der Waals surface area (Å²) in [6.07, 6.45) is 4.27. The number of sulfonamides is 1. The molecule has 1 saturated carbocycles. The fraction of sp³-hybridized carbons (Fsp3) is 0.579. The van der Waals surface area contributed by atoms with Crippen molar-refractivity contribution in [2.75, 3.05) is 6.61 Å². The minimum atomic E-state index is -3.71. The van der Waals surface area contributed by atoms with Crippen molar-refractivity contribution in [3.8, 4) is 0 Å². The van der Waals surface area contributed by atoms with Gasteiger partial charge in [0.25, 0.3) is 5.91 Å². The molecule has 8 heteroatoms. The summed E-state index contributed by atoms with van der Waals surface area (Å²) in [7, 11) is -3.71. The van der Waals surface area contributed by atoms with Gasteiger partial charge in [0.2, 0.25) is 10.0 Å². The van der Waals surface area contributed by atoms with Crippen molar-refractivity contribution < 1.29 is 22.7 Å². The van der Waals surface area contributed by atoms with Gasteiger partial charge in [-0.15, -0.1) is 0 Å². The fourth-order valence-corrected chi connectivity index (χ4v) is 4.46. The van der Waals surface area contributed by atoms with E-state index in [1.165, 1.54) is 30.7 Å². The molecule has 1 aliphatic carbocycles. The zero-order chi connectivity index (χ0) is 20.0. The minimum absolute atomic E-state index is 0.0221. The van der Waals surface area contributed by atoms with Crippen LogP contribution < -0.4 is 10.0 Å². The SMILES string of the molecule is CC(C)NS(=O)(=O)c1cccc(C(=O)OCC(=O)N[C@@H]2CCCC[C@@H]2C)c1. The van der Waals surface area contributed by atoms with Gasteiger partial charge in [0.15, 0.2) is 6.61 Å². The van der Waals surface area contributed by atoms with E-state index in [0.717, 1.165) is 19.3 Å². The van der Waals surface area contributed by atoms with Crippen molar-refractivity contribution in [2.45, 2.75) is 63.4 Å². The summed E-state index contributed by atoms with van der Waals surface area (Å²) in [6.45, 7) is 5.14. The summed E-state index contributed by atoms with van der Waals surface area (Å²) < 4.78 is 31.9. The van der Waals surface area contributed by atoms with Crippen molar-refractivity contribution in [1.29, 1.82) is 0 Å². The number of nitrogens with one attached hydrogen (secondary N) is 2. The second-order valence-corrected chi connectivity index (χ2v) is 9.03. The van der Waals surface area contributed by atoms with Crippen molar-refractivity contribution in [3.63, 3.8) is 0 Å². The fourth-order valence-electron chi connectivity index (χ4n) is 3.16. The Morgan fingerprint density at radius 2 is 1.93 bits per heavy atom. The van der Waals surface area contributed by atoms with Crippen LogP contribution in [0.1, 0.15) is 56.8 Å². The van der Waals surface area contributed by atoms with Crippen molar-refractivity contribution in [3.05, 3.63) is 29.8 Å². The third-order valence-electron chi connectivity index (χ3n) is 4.56. The Balaban J connectivity index is 1.94. The predicted molar refractivity (Wildman–Crippen MR) is 102 cm³/mol. The van der Waals surface area contributed by atoms with Gasteiger partial charge in [0, 0.05) is 12.1 Å². The van der Waals surface area contributed by atoms with Crippen LogP contribution in [0.25, 0.3) is 0 Å². The van der Waals surface area contributed by atoms with Crippen LogP contribution in [0.3, 0.4) is 0 Å². The molecular weight excluding hydrogens is 368 g/mol. The Kier molecular flexibility index (Phi) is 7.38. The lowest BCUT2D eigenvalue weighted by molar-refractivity contribution is -0.125. The predicted octanol–water partition coefficient (Wildman–Crippen LogP) is 2.22. The molecule has 0 saturated heterocycles. The molecule has 2 atom stereocenters. The molecule has 1 fully saturated rings. The third kappa shape index (κ3) is 6.32. The van der Waals surface area contributed by atoms with Crippen LogP contribution in [0.4, 0.5) is 0 Å². The summed E-state index contributed by atoms with van der Waals surface area (Å²) in [4.78, 5) is 24.2. The molecular formula is C19H28N2O5S. The van der Waals surface area contributed by atoms with E-state index in [4.69, 9.17) is 4.74 Å². The summed E-state index contributed by atoms with van der Waals surface area (Å²) >= 11 is 0. The second kappa shape index (κ2) is 9.32. The average molecular weight is 397 g/mol. The topological polar surface area (TPSA) is 102 Å². The normalized spacial score (nSPS) is 20.3. The van der Waals surface area contributed by atoms with E-state index in [2.05, 4.69) is 17.0 Å². The van der Waals surface area contributed by atoms with Gasteiger partial charge in [0.1, 0.15) is 0 Å². The molecule has 0 unspecified atom stereocenters. The van der Waals surface area contributed by atoms with Gasteiger partial charge < -0.3 is 10.1 Å². The molecule has 0 aliphatic heterocycles. The highest BCUT2D eigenvalue weighted by Crippen LogP contribution is 2.23. The molecule has 1 aliphatic rings. The first kappa shape index (κ1) is 21.4. The Bertz CT molecular complexity index is 776. The van der Waals surface area contributed by atoms with Gasteiger partial charge in [-0.3, -0.25) is 4.79 Å². The first-order chi connectivity index (χ1) is 12.7. The molecule has 0 bridgehead atoms. The quantitative estimate of drug-likeness (QED) is 0.688. The molecule has 1 amide bonds. The highest BCUT2D eigenvalue weighted by Gasteiger charge is 2.23. The summed E-state index contributed by atoms with van der Waals surface area (Å²) in [6, 6.07) is 5.41. The molecule has 150 valence electrons. The van der Waals surface area contributed by atoms with E-state index in [0.29, 0.717) is 5.92 Å². The van der Waals surface area contributed by atoms with Gasteiger partial charge >= 0.3 is 5.97 Å².